The number of carboxylic acids is 1. The maximum atomic E-state index is 11.9. The number of aryl methyl sites for hydroxylation is 1. The van der Waals surface area contributed by atoms with Crippen molar-refractivity contribution in [1.29, 1.82) is 0 Å². The molecule has 0 radical (unpaired) electrons. The van der Waals surface area contributed by atoms with Crippen LogP contribution in [0.4, 0.5) is 11.5 Å². The molecule has 3 N–H and O–H groups in total. The van der Waals surface area contributed by atoms with Crippen molar-refractivity contribution < 1.29 is 24.0 Å². The molecule has 0 atom stereocenters. The summed E-state index contributed by atoms with van der Waals surface area (Å²) < 4.78 is 6.09. The molecule has 0 saturated heterocycles. The van der Waals surface area contributed by atoms with Gasteiger partial charge in [-0.2, -0.15) is 5.10 Å². The largest absolute Gasteiger partial charge is 0.479 e. The third kappa shape index (κ3) is 5.09. The molecule has 0 aliphatic rings. The van der Waals surface area contributed by atoms with Crippen molar-refractivity contribution in [3.63, 3.8) is 0 Å². The fourth-order valence-electron chi connectivity index (χ4n) is 1.83. The highest BCUT2D eigenvalue weighted by Gasteiger charge is 2.30. The standard InChI is InChI=1S/C15H19N5O5S/c1-9-4-11(19-25-9)18-13(22)8-26-7-12(21)17-10-5-16-20(6-10)15(2,3)14(23)24/h4-6H,7-8H2,1-3H3,(H,17,21)(H,23,24)(H,18,19,22). The van der Waals surface area contributed by atoms with E-state index in [1.807, 2.05) is 0 Å². The molecule has 2 heterocycles. The highest BCUT2D eigenvalue weighted by Crippen LogP contribution is 2.17. The molecule has 11 heteroatoms. The number of aromatic nitrogens is 3. The highest BCUT2D eigenvalue weighted by atomic mass is 32.2. The van der Waals surface area contributed by atoms with Gasteiger partial charge in [-0.1, -0.05) is 5.16 Å². The monoisotopic (exact) mass is 381 g/mol. The van der Waals surface area contributed by atoms with Crippen LogP contribution >= 0.6 is 11.8 Å². The maximum Gasteiger partial charge on any atom is 0.331 e. The minimum atomic E-state index is -1.23. The summed E-state index contributed by atoms with van der Waals surface area (Å²) in [6, 6.07) is 1.59. The van der Waals surface area contributed by atoms with Gasteiger partial charge in [0, 0.05) is 12.3 Å². The highest BCUT2D eigenvalue weighted by molar-refractivity contribution is 8.00. The number of thioether (sulfide) groups is 1. The van der Waals surface area contributed by atoms with E-state index in [9.17, 15) is 14.4 Å². The summed E-state index contributed by atoms with van der Waals surface area (Å²) >= 11 is 1.13. The number of hydrogen-bond acceptors (Lipinski definition) is 7. The molecule has 0 aliphatic heterocycles. The molecule has 2 aromatic rings. The number of aliphatic carboxylic acids is 1. The normalized spacial score (nSPS) is 11.2. The molecule has 0 aliphatic carbocycles. The number of carbonyl (C=O) groups excluding carboxylic acids is 2. The molecular weight excluding hydrogens is 362 g/mol. The summed E-state index contributed by atoms with van der Waals surface area (Å²) in [4.78, 5) is 34.8. The first-order valence-corrected chi connectivity index (χ1v) is 8.73. The molecule has 26 heavy (non-hydrogen) atoms. The summed E-state index contributed by atoms with van der Waals surface area (Å²) in [7, 11) is 0. The molecule has 0 spiro atoms. The van der Waals surface area contributed by atoms with Crippen LogP contribution in [-0.4, -0.2) is 49.3 Å². The minimum Gasteiger partial charge on any atom is -0.479 e. The second kappa shape index (κ2) is 8.04. The Morgan fingerprint density at radius 3 is 2.50 bits per heavy atom. The number of rotatable bonds is 8. The Kier molecular flexibility index (Phi) is 6.03. The van der Waals surface area contributed by atoms with E-state index in [0.717, 1.165) is 11.8 Å². The third-order valence-corrected chi connectivity index (χ3v) is 4.26. The number of nitrogens with one attached hydrogen (secondary N) is 2. The molecule has 0 unspecified atom stereocenters. The van der Waals surface area contributed by atoms with Gasteiger partial charge in [-0.3, -0.25) is 14.3 Å². The van der Waals surface area contributed by atoms with E-state index >= 15 is 0 Å². The van der Waals surface area contributed by atoms with Crippen LogP contribution in [0, 0.1) is 6.92 Å². The van der Waals surface area contributed by atoms with Gasteiger partial charge in [0.05, 0.1) is 23.4 Å². The van der Waals surface area contributed by atoms with Crippen molar-refractivity contribution in [2.24, 2.45) is 0 Å². The number of amides is 2. The van der Waals surface area contributed by atoms with Crippen LogP contribution in [0.3, 0.4) is 0 Å². The second-order valence-electron chi connectivity index (χ2n) is 5.95. The number of hydrogen-bond donors (Lipinski definition) is 3. The molecular formula is C15H19N5O5S. The van der Waals surface area contributed by atoms with Gasteiger partial charge < -0.3 is 20.3 Å². The van der Waals surface area contributed by atoms with Crippen molar-refractivity contribution in [1.82, 2.24) is 14.9 Å². The van der Waals surface area contributed by atoms with Crippen molar-refractivity contribution in [3.8, 4) is 0 Å². The zero-order chi connectivity index (χ0) is 19.3. The molecule has 2 amide bonds. The molecule has 0 fully saturated rings. The SMILES string of the molecule is Cc1cc(NC(=O)CSCC(=O)Nc2cnn(C(C)(C)C(=O)O)c2)no1. The average molecular weight is 381 g/mol. The lowest BCUT2D eigenvalue weighted by atomic mass is 10.1. The first-order valence-electron chi connectivity index (χ1n) is 7.58. The lowest BCUT2D eigenvalue weighted by molar-refractivity contribution is -0.146. The van der Waals surface area contributed by atoms with Gasteiger partial charge in [0.25, 0.3) is 0 Å². The first kappa shape index (κ1) is 19.5. The Balaban J connectivity index is 1.76. The summed E-state index contributed by atoms with van der Waals surface area (Å²) in [5.74, 6) is -0.629. The Labute approximate surface area is 153 Å². The Morgan fingerprint density at radius 1 is 1.27 bits per heavy atom. The minimum absolute atomic E-state index is 0.0543. The molecule has 0 aromatic carbocycles. The quantitative estimate of drug-likeness (QED) is 0.622. The van der Waals surface area contributed by atoms with E-state index in [-0.39, 0.29) is 23.3 Å². The first-order chi connectivity index (χ1) is 12.2. The number of carbonyl (C=O) groups is 3. The van der Waals surface area contributed by atoms with Crippen molar-refractivity contribution >= 4 is 41.1 Å². The van der Waals surface area contributed by atoms with Gasteiger partial charge in [0.1, 0.15) is 5.76 Å². The predicted octanol–water partition coefficient (Wildman–Crippen LogP) is 1.31. The number of carboxylic acid groups (broad SMARTS) is 1. The van der Waals surface area contributed by atoms with Crippen LogP contribution in [0.1, 0.15) is 19.6 Å². The topological polar surface area (TPSA) is 139 Å². The van der Waals surface area contributed by atoms with E-state index in [1.165, 1.54) is 30.9 Å². The lowest BCUT2D eigenvalue weighted by Gasteiger charge is -2.19. The molecule has 2 rings (SSSR count). The Bertz CT molecular complexity index is 813. The number of nitrogens with zero attached hydrogens (tertiary/aromatic N) is 3. The van der Waals surface area contributed by atoms with Crippen LogP contribution in [0.5, 0.6) is 0 Å². The zero-order valence-corrected chi connectivity index (χ0v) is 15.3. The van der Waals surface area contributed by atoms with E-state index in [4.69, 9.17) is 9.63 Å². The fourth-order valence-corrected chi connectivity index (χ4v) is 2.45. The molecule has 0 bridgehead atoms. The second-order valence-corrected chi connectivity index (χ2v) is 6.94. The van der Waals surface area contributed by atoms with E-state index in [0.29, 0.717) is 17.3 Å². The van der Waals surface area contributed by atoms with Gasteiger partial charge in [-0.15, -0.1) is 11.8 Å². The third-order valence-electron chi connectivity index (χ3n) is 3.32. The van der Waals surface area contributed by atoms with Gasteiger partial charge >= 0.3 is 5.97 Å². The van der Waals surface area contributed by atoms with E-state index in [1.54, 1.807) is 13.0 Å². The zero-order valence-electron chi connectivity index (χ0n) is 14.5. The maximum absolute atomic E-state index is 11.9. The van der Waals surface area contributed by atoms with Gasteiger partial charge in [0.15, 0.2) is 11.4 Å². The lowest BCUT2D eigenvalue weighted by Crippen LogP contribution is -2.35. The fraction of sp³-hybridized carbons (Fsp3) is 0.400. The molecule has 2 aromatic heterocycles. The number of anilines is 2. The van der Waals surface area contributed by atoms with Gasteiger partial charge in [-0.25, -0.2) is 4.79 Å². The molecule has 0 saturated carbocycles. The average Bonchev–Trinajstić information content (AvgIpc) is 3.16. The van der Waals surface area contributed by atoms with Crippen LogP contribution in [0.2, 0.25) is 0 Å². The molecule has 140 valence electrons. The van der Waals surface area contributed by atoms with E-state index < -0.39 is 11.5 Å². The van der Waals surface area contributed by atoms with Gasteiger partial charge in [0.2, 0.25) is 11.8 Å². The Hall–Kier alpha value is -2.82. The van der Waals surface area contributed by atoms with Crippen LogP contribution < -0.4 is 10.6 Å². The Morgan fingerprint density at radius 2 is 1.92 bits per heavy atom. The predicted molar refractivity (Wildman–Crippen MR) is 95.0 cm³/mol. The molecule has 10 nitrogen and oxygen atoms in total. The van der Waals surface area contributed by atoms with Crippen molar-refractivity contribution in [3.05, 3.63) is 24.2 Å². The summed E-state index contributed by atoms with van der Waals surface area (Å²) in [5.41, 5.74) is -0.845. The smallest absolute Gasteiger partial charge is 0.331 e. The van der Waals surface area contributed by atoms with Crippen LogP contribution in [0.25, 0.3) is 0 Å². The van der Waals surface area contributed by atoms with Crippen molar-refractivity contribution in [2.45, 2.75) is 26.3 Å². The summed E-state index contributed by atoms with van der Waals surface area (Å²) in [6.07, 6.45) is 2.81. The van der Waals surface area contributed by atoms with E-state index in [2.05, 4.69) is 20.9 Å². The summed E-state index contributed by atoms with van der Waals surface area (Å²) in [5, 5.41) is 21.9. The van der Waals surface area contributed by atoms with Crippen molar-refractivity contribution in [2.75, 3.05) is 22.1 Å². The summed E-state index contributed by atoms with van der Waals surface area (Å²) in [6.45, 7) is 4.71. The van der Waals surface area contributed by atoms with Gasteiger partial charge in [-0.05, 0) is 20.8 Å². The van der Waals surface area contributed by atoms with Crippen LogP contribution in [0.15, 0.2) is 23.0 Å². The van der Waals surface area contributed by atoms with Crippen LogP contribution in [-0.2, 0) is 19.9 Å².